The zero-order valence-electron chi connectivity index (χ0n) is 34.4. The summed E-state index contributed by atoms with van der Waals surface area (Å²) in [4.78, 5) is 15.3. The van der Waals surface area contributed by atoms with E-state index in [1.165, 1.54) is 33.2 Å². The topological polar surface area (TPSA) is 43.6 Å². The predicted octanol–water partition coefficient (Wildman–Crippen LogP) is 15.0. The standard InChI is InChI=1S/C58H42N4/c1-3-16-48(37-40(2)41-17-8-4-9-18-41)45-29-33-51(34-30-45)62-54-36-32-49(43-21-12-6-13-22-43)38-53(54)52-35-31-50(39-55(52)62)58-60-56(46-23-14-7-15-24-46)59-57(61-58)47-27-25-44(26-28-47)42-19-10-5-11-20-42/h3-39H,1H2,2H3/b40-37+,48-16+. The average molecular weight is 795 g/mol. The first-order valence-electron chi connectivity index (χ1n) is 20.9. The maximum Gasteiger partial charge on any atom is 0.164 e. The number of allylic oxidation sites excluding steroid dienone is 5. The van der Waals surface area contributed by atoms with Gasteiger partial charge in [0, 0.05) is 33.2 Å². The van der Waals surface area contributed by atoms with Crippen LogP contribution in [-0.2, 0) is 0 Å². The monoisotopic (exact) mass is 794 g/mol. The van der Waals surface area contributed by atoms with Crippen molar-refractivity contribution in [3.63, 3.8) is 0 Å². The lowest BCUT2D eigenvalue weighted by molar-refractivity contribution is 1.07. The highest BCUT2D eigenvalue weighted by atomic mass is 15.0. The van der Waals surface area contributed by atoms with Crippen LogP contribution >= 0.6 is 0 Å². The van der Waals surface area contributed by atoms with Crippen molar-refractivity contribution in [2.75, 3.05) is 0 Å². The van der Waals surface area contributed by atoms with Gasteiger partial charge < -0.3 is 4.57 Å². The van der Waals surface area contributed by atoms with Gasteiger partial charge in [0.25, 0.3) is 0 Å². The van der Waals surface area contributed by atoms with Gasteiger partial charge in [-0.05, 0) is 81.8 Å². The molecule has 2 heterocycles. The minimum Gasteiger partial charge on any atom is -0.309 e. The summed E-state index contributed by atoms with van der Waals surface area (Å²) in [5.74, 6) is 1.86. The Hall–Kier alpha value is -8.21. The highest BCUT2D eigenvalue weighted by molar-refractivity contribution is 6.11. The number of fused-ring (bicyclic) bond motifs is 3. The molecule has 0 saturated carbocycles. The Labute approximate surface area is 362 Å². The first kappa shape index (κ1) is 38.0. The molecule has 0 saturated heterocycles. The van der Waals surface area contributed by atoms with Crippen molar-refractivity contribution < 1.29 is 0 Å². The van der Waals surface area contributed by atoms with Crippen LogP contribution in [-0.4, -0.2) is 19.5 Å². The minimum absolute atomic E-state index is 0.611. The normalized spacial score (nSPS) is 11.9. The van der Waals surface area contributed by atoms with Crippen molar-refractivity contribution >= 4 is 33.0 Å². The van der Waals surface area contributed by atoms with Gasteiger partial charge in [-0.2, -0.15) is 0 Å². The van der Waals surface area contributed by atoms with Crippen LogP contribution in [0.15, 0.2) is 231 Å². The third-order valence-electron chi connectivity index (χ3n) is 11.4. The first-order chi connectivity index (χ1) is 30.6. The summed E-state index contributed by atoms with van der Waals surface area (Å²) >= 11 is 0. The van der Waals surface area contributed by atoms with Crippen LogP contribution in [0, 0.1) is 0 Å². The summed E-state index contributed by atoms with van der Waals surface area (Å²) in [7, 11) is 0. The molecule has 0 aliphatic carbocycles. The van der Waals surface area contributed by atoms with E-state index in [9.17, 15) is 0 Å². The highest BCUT2D eigenvalue weighted by Crippen LogP contribution is 2.38. The third kappa shape index (κ3) is 7.58. The van der Waals surface area contributed by atoms with Crippen molar-refractivity contribution in [1.29, 1.82) is 0 Å². The van der Waals surface area contributed by atoms with E-state index in [4.69, 9.17) is 15.0 Å². The van der Waals surface area contributed by atoms with Crippen molar-refractivity contribution in [1.82, 2.24) is 19.5 Å². The average Bonchev–Trinajstić information content (AvgIpc) is 3.68. The molecule has 8 aromatic carbocycles. The van der Waals surface area contributed by atoms with Crippen LogP contribution < -0.4 is 0 Å². The molecule has 0 unspecified atom stereocenters. The Morgan fingerprint density at radius 3 is 1.52 bits per heavy atom. The molecule has 0 fully saturated rings. The summed E-state index contributed by atoms with van der Waals surface area (Å²) in [6.07, 6.45) is 6.16. The molecular formula is C58H42N4. The fourth-order valence-electron chi connectivity index (χ4n) is 8.22. The van der Waals surface area contributed by atoms with Gasteiger partial charge in [-0.25, -0.2) is 15.0 Å². The van der Waals surface area contributed by atoms with Crippen LogP contribution in [0.2, 0.25) is 0 Å². The number of benzene rings is 8. The Balaban J connectivity index is 1.12. The maximum absolute atomic E-state index is 5.16. The highest BCUT2D eigenvalue weighted by Gasteiger charge is 2.18. The van der Waals surface area contributed by atoms with Crippen LogP contribution in [0.1, 0.15) is 18.1 Å². The Morgan fingerprint density at radius 1 is 0.419 bits per heavy atom. The molecule has 0 spiro atoms. The summed E-state index contributed by atoms with van der Waals surface area (Å²) < 4.78 is 2.36. The Bertz CT molecular complexity index is 3260. The van der Waals surface area contributed by atoms with Gasteiger partial charge >= 0.3 is 0 Å². The van der Waals surface area contributed by atoms with Crippen LogP contribution in [0.3, 0.4) is 0 Å². The molecule has 0 amide bonds. The van der Waals surface area contributed by atoms with E-state index in [0.29, 0.717) is 17.5 Å². The Kier molecular flexibility index (Phi) is 10.3. The molecule has 10 aromatic rings. The molecule has 0 radical (unpaired) electrons. The fraction of sp³-hybridized carbons (Fsp3) is 0.0172. The second-order valence-electron chi connectivity index (χ2n) is 15.4. The van der Waals surface area contributed by atoms with Gasteiger partial charge in [-0.3, -0.25) is 0 Å². The molecule has 0 aliphatic rings. The van der Waals surface area contributed by atoms with E-state index in [0.717, 1.165) is 55.5 Å². The second-order valence-corrected chi connectivity index (χ2v) is 15.4. The summed E-state index contributed by atoms with van der Waals surface area (Å²) in [6.45, 7) is 6.18. The van der Waals surface area contributed by atoms with Crippen LogP contribution in [0.4, 0.5) is 0 Å². The van der Waals surface area contributed by atoms with E-state index < -0.39 is 0 Å². The van der Waals surface area contributed by atoms with E-state index in [-0.39, 0.29) is 0 Å². The molecule has 0 atom stereocenters. The molecule has 0 N–H and O–H groups in total. The lowest BCUT2D eigenvalue weighted by Crippen LogP contribution is -2.00. The van der Waals surface area contributed by atoms with E-state index >= 15 is 0 Å². The number of hydrogen-bond acceptors (Lipinski definition) is 3. The first-order valence-corrected chi connectivity index (χ1v) is 20.9. The van der Waals surface area contributed by atoms with E-state index in [2.05, 4.69) is 194 Å². The SMILES string of the molecule is C=C/C=C(\C=C(/C)c1ccccc1)c1ccc(-n2c3ccc(-c4ccccc4)cc3c3ccc(-c4nc(-c5ccccc5)nc(-c5ccc(-c6ccccc6)cc5)n4)cc32)cc1. The Morgan fingerprint density at radius 2 is 0.903 bits per heavy atom. The van der Waals surface area contributed by atoms with Crippen LogP contribution in [0.25, 0.3) is 95.1 Å². The molecular weight excluding hydrogens is 753 g/mol. The quantitative estimate of drug-likeness (QED) is 0.130. The number of hydrogen-bond donors (Lipinski definition) is 0. The van der Waals surface area contributed by atoms with Gasteiger partial charge in [-0.15, -0.1) is 0 Å². The number of rotatable bonds is 10. The largest absolute Gasteiger partial charge is 0.309 e. The smallest absolute Gasteiger partial charge is 0.164 e. The van der Waals surface area contributed by atoms with Gasteiger partial charge in [0.1, 0.15) is 0 Å². The van der Waals surface area contributed by atoms with Gasteiger partial charge in [0.15, 0.2) is 17.5 Å². The van der Waals surface area contributed by atoms with Gasteiger partial charge in [0.05, 0.1) is 11.0 Å². The molecule has 294 valence electrons. The molecule has 62 heavy (non-hydrogen) atoms. The van der Waals surface area contributed by atoms with Crippen LogP contribution in [0.5, 0.6) is 0 Å². The molecule has 4 nitrogen and oxygen atoms in total. The molecule has 2 aromatic heterocycles. The summed E-state index contributed by atoms with van der Waals surface area (Å²) in [5, 5.41) is 2.32. The van der Waals surface area contributed by atoms with Crippen molar-refractivity contribution in [2.24, 2.45) is 0 Å². The van der Waals surface area contributed by atoms with E-state index in [1.54, 1.807) is 0 Å². The molecule has 4 heteroatoms. The zero-order valence-corrected chi connectivity index (χ0v) is 34.4. The molecule has 0 aliphatic heterocycles. The minimum atomic E-state index is 0.611. The lowest BCUT2D eigenvalue weighted by Gasteiger charge is -2.12. The molecule has 0 bridgehead atoms. The number of nitrogens with zero attached hydrogens (tertiary/aromatic N) is 4. The predicted molar refractivity (Wildman–Crippen MR) is 260 cm³/mol. The van der Waals surface area contributed by atoms with Gasteiger partial charge in [0.2, 0.25) is 0 Å². The fourth-order valence-corrected chi connectivity index (χ4v) is 8.22. The van der Waals surface area contributed by atoms with Crippen molar-refractivity contribution in [2.45, 2.75) is 6.92 Å². The molecule has 10 rings (SSSR count). The van der Waals surface area contributed by atoms with Gasteiger partial charge in [-0.1, -0.05) is 201 Å². The summed E-state index contributed by atoms with van der Waals surface area (Å²) in [5.41, 5.74) is 15.2. The lowest BCUT2D eigenvalue weighted by atomic mass is 9.99. The summed E-state index contributed by atoms with van der Waals surface area (Å²) in [6, 6.07) is 72.2. The zero-order chi connectivity index (χ0) is 41.8. The van der Waals surface area contributed by atoms with Crippen molar-refractivity contribution in [3.8, 4) is 62.1 Å². The maximum atomic E-state index is 5.16. The second kappa shape index (κ2) is 16.8. The van der Waals surface area contributed by atoms with Crippen molar-refractivity contribution in [3.05, 3.63) is 242 Å². The third-order valence-corrected chi connectivity index (χ3v) is 11.4. The van der Waals surface area contributed by atoms with E-state index in [1.807, 2.05) is 48.5 Å². The number of aromatic nitrogens is 4.